The molecule has 81 heavy (non-hydrogen) atoms. The van der Waals surface area contributed by atoms with E-state index in [0.29, 0.717) is 80.7 Å². The van der Waals surface area contributed by atoms with Gasteiger partial charge in [-0.3, -0.25) is 24.0 Å². The van der Waals surface area contributed by atoms with Gasteiger partial charge in [-0.15, -0.1) is 11.8 Å². The Morgan fingerprint density at radius 2 is 0.506 bits per heavy atom. The van der Waals surface area contributed by atoms with Gasteiger partial charge in [0.05, 0.1) is 28.4 Å². The first kappa shape index (κ1) is 56.9. The molecule has 0 unspecified atom stereocenters. The fourth-order valence-electron chi connectivity index (χ4n) is 8.77. The number of rotatable bonds is 17. The topological polar surface area (TPSA) is 122 Å². The molecule has 9 nitrogen and oxygen atoms in total. The normalized spacial score (nSPS) is 11.2. The number of fused-ring (bicyclic) bond motifs is 6. The van der Waals surface area contributed by atoms with E-state index in [2.05, 4.69) is 6.07 Å². The van der Waals surface area contributed by atoms with Crippen molar-refractivity contribution < 1.29 is 42.9 Å². The first-order valence-corrected chi connectivity index (χ1v) is 30.3. The van der Waals surface area contributed by atoms with Crippen molar-refractivity contribution in [3.8, 4) is 23.0 Å². The highest BCUT2D eigenvalue weighted by Gasteiger charge is 2.25. The van der Waals surface area contributed by atoms with Crippen LogP contribution in [0, 0.1) is 13.8 Å². The minimum Gasteiger partial charge on any atom is -0.497 e. The minimum absolute atomic E-state index is 0.140. The van der Waals surface area contributed by atoms with Gasteiger partial charge >= 0.3 is 0 Å². The van der Waals surface area contributed by atoms with E-state index in [-0.39, 0.29) is 25.6 Å². The molecule has 0 saturated carbocycles. The predicted octanol–water partition coefficient (Wildman–Crippen LogP) is 17.8. The van der Waals surface area contributed by atoms with Crippen molar-refractivity contribution in [1.29, 1.82) is 0 Å². The van der Waals surface area contributed by atoms with Crippen LogP contribution in [0.2, 0.25) is 0 Å². The van der Waals surface area contributed by atoms with Gasteiger partial charge in [-0.05, 0) is 232 Å². The van der Waals surface area contributed by atoms with Crippen LogP contribution in [0.3, 0.4) is 0 Å². The summed E-state index contributed by atoms with van der Waals surface area (Å²) in [5.74, 6) is 3.10. The van der Waals surface area contributed by atoms with Crippen molar-refractivity contribution in [2.75, 3.05) is 28.4 Å². The number of aryl methyl sites for hydroxylation is 2. The highest BCUT2D eigenvalue weighted by Crippen LogP contribution is 2.49. The summed E-state index contributed by atoms with van der Waals surface area (Å²) in [5, 5.41) is 3.39. The maximum atomic E-state index is 14.4. The molecule has 404 valence electrons. The smallest absolute Gasteiger partial charge is 0.224 e. The zero-order valence-electron chi connectivity index (χ0n) is 44.7. The molecule has 0 amide bonds. The van der Waals surface area contributed by atoms with E-state index in [9.17, 15) is 24.0 Å². The number of carbonyl (C=O) groups excluding carboxylic acids is 5. The molecule has 10 rings (SSSR count). The number of hydrogen-bond acceptors (Lipinski definition) is 15. The van der Waals surface area contributed by atoms with Gasteiger partial charge in [-0.25, -0.2) is 0 Å². The molecule has 0 bridgehead atoms. The van der Waals surface area contributed by atoms with Gasteiger partial charge in [0.15, 0.2) is 0 Å². The highest BCUT2D eigenvalue weighted by atomic mass is 32.2. The summed E-state index contributed by atoms with van der Waals surface area (Å²) in [4.78, 5) is 75.8. The highest BCUT2D eigenvalue weighted by molar-refractivity contribution is 8.17. The van der Waals surface area contributed by atoms with E-state index in [1.54, 1.807) is 125 Å². The van der Waals surface area contributed by atoms with Crippen LogP contribution in [-0.2, 0) is 5.75 Å². The van der Waals surface area contributed by atoms with E-state index in [0.717, 1.165) is 113 Å². The van der Waals surface area contributed by atoms with Crippen molar-refractivity contribution in [3.63, 3.8) is 0 Å². The van der Waals surface area contributed by atoms with E-state index < -0.39 is 0 Å². The fourth-order valence-corrected chi connectivity index (χ4v) is 14.4. The Balaban J connectivity index is 1.24. The molecule has 10 aromatic carbocycles. The third kappa shape index (κ3) is 13.2. The molecule has 0 saturated heterocycles. The molecular formula is C66H50O9S6. The molecule has 0 aromatic heterocycles. The molecule has 10 aromatic rings. The van der Waals surface area contributed by atoms with E-state index in [1.165, 1.54) is 0 Å². The zero-order chi connectivity index (χ0) is 56.7. The Kier molecular flexibility index (Phi) is 18.0. The van der Waals surface area contributed by atoms with Crippen LogP contribution in [0.15, 0.2) is 211 Å². The molecule has 0 fully saturated rings. The number of carbonyl (C=O) groups is 5. The van der Waals surface area contributed by atoms with Crippen LogP contribution in [0.5, 0.6) is 23.0 Å². The number of methoxy groups -OCH3 is 4. The van der Waals surface area contributed by atoms with Crippen molar-refractivity contribution in [3.05, 3.63) is 226 Å². The maximum absolute atomic E-state index is 14.4. The van der Waals surface area contributed by atoms with E-state index in [1.807, 2.05) is 105 Å². The van der Waals surface area contributed by atoms with Gasteiger partial charge in [0.25, 0.3) is 0 Å². The molecule has 0 heterocycles. The SMILES string of the molecule is COc1ccc(CSc2cc3c(cc2SC(=O)c2ccc(C)cc2)c2cc(SC(=O)c4ccc(OC)cc4)c(SC(=O)c4ccc(C)cc4)cc2c2cc(SC(=O)c4ccc(OC)cc4)c(SC(=O)c4ccc(OC)cc4)cc32)cc1. The average Bonchev–Trinajstić information content (AvgIpc) is 3.57. The van der Waals surface area contributed by atoms with Crippen LogP contribution in [0.25, 0.3) is 32.3 Å². The summed E-state index contributed by atoms with van der Waals surface area (Å²) in [5.41, 5.74) is 5.42. The van der Waals surface area contributed by atoms with E-state index >= 15 is 0 Å². The molecule has 0 aliphatic carbocycles. The Bertz CT molecular complexity index is 4040. The van der Waals surface area contributed by atoms with Crippen LogP contribution < -0.4 is 18.9 Å². The molecule has 0 radical (unpaired) electrons. The summed E-state index contributed by atoms with van der Waals surface area (Å²) in [6.07, 6.45) is 0. The summed E-state index contributed by atoms with van der Waals surface area (Å²) < 4.78 is 21.7. The monoisotopic (exact) mass is 1180 g/mol. The second-order valence-corrected chi connectivity index (χ2v) is 24.6. The second-order valence-electron chi connectivity index (χ2n) is 18.5. The maximum Gasteiger partial charge on any atom is 0.224 e. The van der Waals surface area contributed by atoms with E-state index in [4.69, 9.17) is 18.9 Å². The predicted molar refractivity (Wildman–Crippen MR) is 334 cm³/mol. The van der Waals surface area contributed by atoms with Crippen LogP contribution >= 0.6 is 70.6 Å². The Morgan fingerprint density at radius 3 is 0.753 bits per heavy atom. The lowest BCUT2D eigenvalue weighted by molar-refractivity contribution is 0.108. The van der Waals surface area contributed by atoms with Gasteiger partial charge in [0, 0.05) is 62.9 Å². The molecular weight excluding hydrogens is 1130 g/mol. The summed E-state index contributed by atoms with van der Waals surface area (Å²) in [6.45, 7) is 3.94. The third-order valence-corrected chi connectivity index (χ3v) is 19.6. The lowest BCUT2D eigenvalue weighted by Gasteiger charge is -2.19. The standard InChI is InChI=1S/C66H50O9S6/c1-38-7-13-41(14-8-38)62(67)77-57-32-51-50(31-56(57)76-37-40-11-23-46(72-3)24-12-40)52-33-58(79-64(69)43-17-25-47(73-4)26-18-43)61(81-66(71)45-21-29-49(75-6)30-22-45)35-54(52)55-36-59(78-63(68)42-15-9-39(2)10-16-42)60(34-53(51)55)80-65(70)44-19-27-48(74-5)28-20-44/h7-36H,37H2,1-6H3. The molecule has 15 heteroatoms. The summed E-state index contributed by atoms with van der Waals surface area (Å²) in [6, 6.07) is 55.4. The quantitative estimate of drug-likeness (QED) is 0.0634. The van der Waals surface area contributed by atoms with Crippen LogP contribution in [-0.4, -0.2) is 54.0 Å². The number of benzene rings is 10. The molecule has 0 spiro atoms. The van der Waals surface area contributed by atoms with Gasteiger partial charge in [-0.1, -0.05) is 71.8 Å². The summed E-state index contributed by atoms with van der Waals surface area (Å²) >= 11 is 6.81. The molecule has 0 aliphatic heterocycles. The van der Waals surface area contributed by atoms with Crippen molar-refractivity contribution >= 4 is 128 Å². The zero-order valence-corrected chi connectivity index (χ0v) is 49.6. The van der Waals surface area contributed by atoms with Gasteiger partial charge in [0.1, 0.15) is 23.0 Å². The molecule has 0 aliphatic rings. The number of ether oxygens (including phenoxy) is 4. The Morgan fingerprint density at radius 1 is 0.296 bits per heavy atom. The summed E-state index contributed by atoms with van der Waals surface area (Å²) in [7, 11) is 6.33. The van der Waals surface area contributed by atoms with Gasteiger partial charge in [0.2, 0.25) is 25.6 Å². The van der Waals surface area contributed by atoms with Gasteiger partial charge in [-0.2, -0.15) is 0 Å². The second kappa shape index (κ2) is 25.6. The average molecular weight is 1180 g/mol. The van der Waals surface area contributed by atoms with Crippen LogP contribution in [0.4, 0.5) is 0 Å². The van der Waals surface area contributed by atoms with Gasteiger partial charge < -0.3 is 18.9 Å². The minimum atomic E-state index is -0.256. The molecule has 0 atom stereocenters. The largest absolute Gasteiger partial charge is 0.497 e. The Hall–Kier alpha value is -7.37. The number of thioether (sulfide) groups is 6. The third-order valence-electron chi connectivity index (χ3n) is 13.2. The van der Waals surface area contributed by atoms with Crippen molar-refractivity contribution in [1.82, 2.24) is 0 Å². The first-order chi connectivity index (χ1) is 39.3. The fraction of sp³-hybridized carbons (Fsp3) is 0.106. The van der Waals surface area contributed by atoms with Crippen molar-refractivity contribution in [2.45, 2.75) is 49.0 Å². The number of hydrogen-bond donors (Lipinski definition) is 0. The first-order valence-electron chi connectivity index (χ1n) is 25.3. The molecule has 0 N–H and O–H groups in total. The Labute approximate surface area is 494 Å². The van der Waals surface area contributed by atoms with Crippen molar-refractivity contribution in [2.24, 2.45) is 0 Å². The van der Waals surface area contributed by atoms with Crippen LogP contribution in [0.1, 0.15) is 68.5 Å². The lowest BCUT2D eigenvalue weighted by atomic mass is 9.94. The lowest BCUT2D eigenvalue weighted by Crippen LogP contribution is -1.99.